The van der Waals surface area contributed by atoms with Gasteiger partial charge in [0.05, 0.1) is 13.2 Å². The van der Waals surface area contributed by atoms with Crippen LogP contribution in [0.1, 0.15) is 19.4 Å². The first-order valence-corrected chi connectivity index (χ1v) is 6.59. The summed E-state index contributed by atoms with van der Waals surface area (Å²) in [6.07, 6.45) is 0.834. The molecule has 0 atom stereocenters. The van der Waals surface area contributed by atoms with Crippen LogP contribution in [0.3, 0.4) is 0 Å². The van der Waals surface area contributed by atoms with Gasteiger partial charge in [-0.2, -0.15) is 0 Å². The third-order valence-electron chi connectivity index (χ3n) is 2.76. The molecule has 17 heavy (non-hydrogen) atoms. The summed E-state index contributed by atoms with van der Waals surface area (Å²) < 4.78 is 12.6. The van der Waals surface area contributed by atoms with Gasteiger partial charge in [0.25, 0.3) is 0 Å². The minimum Gasteiger partial charge on any atom is -0.489 e. The molecule has 1 heterocycles. The van der Waals surface area contributed by atoms with Crippen molar-refractivity contribution >= 4 is 15.9 Å². The average Bonchev–Trinajstić information content (AvgIpc) is 2.40. The highest BCUT2D eigenvalue weighted by atomic mass is 79.9. The van der Waals surface area contributed by atoms with E-state index in [1.807, 2.05) is 12.1 Å². The fourth-order valence-corrected chi connectivity index (χ4v) is 2.26. The van der Waals surface area contributed by atoms with Crippen molar-refractivity contribution in [3.05, 3.63) is 22.2 Å². The van der Waals surface area contributed by atoms with Crippen molar-refractivity contribution in [1.29, 1.82) is 0 Å². The second kappa shape index (κ2) is 4.86. The molecule has 94 valence electrons. The van der Waals surface area contributed by atoms with Gasteiger partial charge in [-0.1, -0.05) is 29.8 Å². The van der Waals surface area contributed by atoms with Gasteiger partial charge in [-0.05, 0) is 30.7 Å². The second-order valence-corrected chi connectivity index (χ2v) is 6.02. The molecule has 0 fully saturated rings. The van der Waals surface area contributed by atoms with Crippen LogP contribution in [-0.2, 0) is 6.42 Å². The Labute approximate surface area is 110 Å². The molecule has 0 aromatic heterocycles. The van der Waals surface area contributed by atoms with Crippen molar-refractivity contribution in [1.82, 2.24) is 0 Å². The molecule has 2 rings (SSSR count). The summed E-state index contributed by atoms with van der Waals surface area (Å²) >= 11 is 3.54. The van der Waals surface area contributed by atoms with E-state index in [2.05, 4.69) is 29.8 Å². The molecule has 0 unspecified atom stereocenters. The van der Waals surface area contributed by atoms with Crippen LogP contribution in [0.25, 0.3) is 0 Å². The largest absolute Gasteiger partial charge is 0.489 e. The van der Waals surface area contributed by atoms with Gasteiger partial charge < -0.3 is 15.2 Å². The molecule has 1 aromatic carbocycles. The quantitative estimate of drug-likeness (QED) is 0.913. The zero-order valence-corrected chi connectivity index (χ0v) is 11.8. The third-order valence-corrected chi connectivity index (χ3v) is 3.50. The predicted molar refractivity (Wildman–Crippen MR) is 71.7 cm³/mol. The molecule has 1 aliphatic rings. The summed E-state index contributed by atoms with van der Waals surface area (Å²) in [4.78, 5) is 0. The lowest BCUT2D eigenvalue weighted by Gasteiger charge is -2.19. The molecule has 0 saturated heterocycles. The molecule has 0 amide bonds. The van der Waals surface area contributed by atoms with Crippen molar-refractivity contribution < 1.29 is 9.47 Å². The number of hydrogen-bond acceptors (Lipinski definition) is 3. The minimum absolute atomic E-state index is 0.0412. The van der Waals surface area contributed by atoms with Gasteiger partial charge in [-0.3, -0.25) is 0 Å². The van der Waals surface area contributed by atoms with Crippen LogP contribution in [0.2, 0.25) is 0 Å². The smallest absolute Gasteiger partial charge is 0.162 e. The van der Waals surface area contributed by atoms with E-state index in [-0.39, 0.29) is 5.41 Å². The maximum absolute atomic E-state index is 5.82. The first-order chi connectivity index (χ1) is 8.02. The molecule has 3 nitrogen and oxygen atoms in total. The van der Waals surface area contributed by atoms with E-state index in [4.69, 9.17) is 15.2 Å². The summed E-state index contributed by atoms with van der Waals surface area (Å²) in [6, 6.07) is 4.00. The van der Waals surface area contributed by atoms with Gasteiger partial charge in [0, 0.05) is 9.89 Å². The van der Waals surface area contributed by atoms with Gasteiger partial charge in [0.1, 0.15) is 0 Å². The van der Waals surface area contributed by atoms with Crippen LogP contribution in [0, 0.1) is 5.41 Å². The van der Waals surface area contributed by atoms with Crippen molar-refractivity contribution in [3.8, 4) is 11.5 Å². The van der Waals surface area contributed by atoms with Crippen molar-refractivity contribution in [2.24, 2.45) is 11.1 Å². The molecule has 1 aliphatic heterocycles. The first-order valence-electron chi connectivity index (χ1n) is 5.80. The summed E-state index contributed by atoms with van der Waals surface area (Å²) in [5.74, 6) is 1.63. The number of nitrogens with two attached hydrogens (primary N) is 1. The highest BCUT2D eigenvalue weighted by Crippen LogP contribution is 2.37. The van der Waals surface area contributed by atoms with Crippen LogP contribution >= 0.6 is 15.9 Å². The van der Waals surface area contributed by atoms with Crippen LogP contribution in [0.5, 0.6) is 11.5 Å². The van der Waals surface area contributed by atoms with Crippen LogP contribution in [0.15, 0.2) is 16.6 Å². The summed E-state index contributed by atoms with van der Waals surface area (Å²) in [6.45, 7) is 6.24. The Morgan fingerprint density at radius 3 is 2.41 bits per heavy atom. The minimum atomic E-state index is 0.0412. The Bertz CT molecular complexity index is 418. The lowest BCUT2D eigenvalue weighted by atomic mass is 9.97. The van der Waals surface area contributed by atoms with E-state index in [1.165, 1.54) is 0 Å². The average molecular weight is 300 g/mol. The predicted octanol–water partition coefficient (Wildman–Crippen LogP) is 2.75. The first kappa shape index (κ1) is 12.7. The van der Waals surface area contributed by atoms with E-state index in [0.29, 0.717) is 19.8 Å². The number of benzene rings is 1. The monoisotopic (exact) mass is 299 g/mol. The zero-order chi connectivity index (χ0) is 12.5. The second-order valence-electron chi connectivity index (χ2n) is 5.17. The number of fused-ring (bicyclic) bond motifs is 1. The molecule has 0 bridgehead atoms. The van der Waals surface area contributed by atoms with E-state index in [0.717, 1.165) is 28.0 Å². The maximum atomic E-state index is 5.82. The Balaban J connectivity index is 2.31. The normalized spacial score (nSPS) is 17.6. The van der Waals surface area contributed by atoms with Gasteiger partial charge in [-0.25, -0.2) is 0 Å². The lowest BCUT2D eigenvalue weighted by Crippen LogP contribution is -2.26. The standard InChI is InChI=1S/C13H18BrNO2/c1-13(2)7-16-11-5-9(3-4-15)10(14)6-12(11)17-8-13/h5-6H,3-4,7-8,15H2,1-2H3. The lowest BCUT2D eigenvalue weighted by molar-refractivity contribution is 0.140. The Morgan fingerprint density at radius 2 is 1.82 bits per heavy atom. The fourth-order valence-electron chi connectivity index (χ4n) is 1.74. The Hall–Kier alpha value is -0.740. The molecular weight excluding hydrogens is 282 g/mol. The Morgan fingerprint density at radius 1 is 1.24 bits per heavy atom. The van der Waals surface area contributed by atoms with Crippen LogP contribution in [-0.4, -0.2) is 19.8 Å². The topological polar surface area (TPSA) is 44.5 Å². The van der Waals surface area contributed by atoms with Gasteiger partial charge in [0.15, 0.2) is 11.5 Å². The van der Waals surface area contributed by atoms with Crippen LogP contribution in [0.4, 0.5) is 0 Å². The van der Waals surface area contributed by atoms with Gasteiger partial charge in [0.2, 0.25) is 0 Å². The van der Waals surface area contributed by atoms with Crippen molar-refractivity contribution in [2.45, 2.75) is 20.3 Å². The molecule has 0 aliphatic carbocycles. The van der Waals surface area contributed by atoms with Gasteiger partial charge >= 0.3 is 0 Å². The van der Waals surface area contributed by atoms with E-state index < -0.39 is 0 Å². The Kier molecular flexibility index (Phi) is 3.64. The molecule has 2 N–H and O–H groups in total. The van der Waals surface area contributed by atoms with Gasteiger partial charge in [-0.15, -0.1) is 0 Å². The summed E-state index contributed by atoms with van der Waals surface area (Å²) in [5.41, 5.74) is 6.79. The molecular formula is C13H18BrNO2. The molecule has 0 saturated carbocycles. The fraction of sp³-hybridized carbons (Fsp3) is 0.538. The number of rotatable bonds is 2. The number of halogens is 1. The zero-order valence-electron chi connectivity index (χ0n) is 10.3. The summed E-state index contributed by atoms with van der Waals surface area (Å²) in [5, 5.41) is 0. The molecule has 4 heteroatoms. The summed E-state index contributed by atoms with van der Waals surface area (Å²) in [7, 11) is 0. The van der Waals surface area contributed by atoms with Crippen LogP contribution < -0.4 is 15.2 Å². The van der Waals surface area contributed by atoms with E-state index >= 15 is 0 Å². The van der Waals surface area contributed by atoms with E-state index in [9.17, 15) is 0 Å². The van der Waals surface area contributed by atoms with Crippen molar-refractivity contribution in [2.75, 3.05) is 19.8 Å². The SMILES string of the molecule is CC1(C)COc2cc(Br)c(CCN)cc2OC1. The highest BCUT2D eigenvalue weighted by Gasteiger charge is 2.25. The van der Waals surface area contributed by atoms with E-state index in [1.54, 1.807) is 0 Å². The molecule has 0 radical (unpaired) electrons. The molecule has 0 spiro atoms. The molecule has 1 aromatic rings. The maximum Gasteiger partial charge on any atom is 0.162 e. The number of hydrogen-bond donors (Lipinski definition) is 1. The number of ether oxygens (including phenoxy) is 2. The third kappa shape index (κ3) is 2.93. The van der Waals surface area contributed by atoms with Crippen molar-refractivity contribution in [3.63, 3.8) is 0 Å². The highest BCUT2D eigenvalue weighted by molar-refractivity contribution is 9.10.